The zero-order valence-electron chi connectivity index (χ0n) is 17.0. The van der Waals surface area contributed by atoms with E-state index < -0.39 is 10.0 Å². The lowest BCUT2D eigenvalue weighted by Gasteiger charge is -2.30. The third kappa shape index (κ3) is 4.22. The van der Waals surface area contributed by atoms with Gasteiger partial charge in [-0.1, -0.05) is 19.9 Å². The van der Waals surface area contributed by atoms with Crippen LogP contribution in [0.25, 0.3) is 5.52 Å². The average molecular weight is 407 g/mol. The van der Waals surface area contributed by atoms with E-state index in [1.807, 2.05) is 33.7 Å². The molecule has 0 radical (unpaired) electrons. The highest BCUT2D eigenvalue weighted by atomic mass is 32.2. The topological polar surface area (TPSA) is 75.0 Å². The van der Waals surface area contributed by atoms with Crippen molar-refractivity contribution >= 4 is 21.4 Å². The fourth-order valence-corrected chi connectivity index (χ4v) is 4.88. The van der Waals surface area contributed by atoms with Gasteiger partial charge in [-0.15, -0.1) is 0 Å². The Labute approximate surface area is 167 Å². The number of nitrogens with zero attached hydrogens (tertiary/aromatic N) is 4. The van der Waals surface area contributed by atoms with Gasteiger partial charge in [-0.3, -0.25) is 4.79 Å². The maximum atomic E-state index is 13.2. The van der Waals surface area contributed by atoms with Crippen molar-refractivity contribution in [2.75, 3.05) is 32.4 Å². The van der Waals surface area contributed by atoms with Gasteiger partial charge in [0.1, 0.15) is 5.82 Å². The van der Waals surface area contributed by atoms with E-state index in [0.29, 0.717) is 31.9 Å². The molecule has 1 atom stereocenters. The van der Waals surface area contributed by atoms with E-state index in [9.17, 15) is 13.2 Å². The van der Waals surface area contributed by atoms with Crippen LogP contribution in [0.1, 0.15) is 61.8 Å². The van der Waals surface area contributed by atoms with E-state index in [1.165, 1.54) is 10.6 Å². The van der Waals surface area contributed by atoms with Crippen LogP contribution in [0, 0.1) is 0 Å². The minimum Gasteiger partial charge on any atom is -0.337 e. The van der Waals surface area contributed by atoms with E-state index in [0.717, 1.165) is 37.0 Å². The fourth-order valence-electron chi connectivity index (χ4n) is 3.97. The Hall–Kier alpha value is -1.93. The number of amides is 1. The number of piperidine rings is 1. The van der Waals surface area contributed by atoms with Crippen molar-refractivity contribution in [1.29, 1.82) is 0 Å². The lowest BCUT2D eigenvalue weighted by molar-refractivity contribution is 0.0752. The van der Waals surface area contributed by atoms with Crippen molar-refractivity contribution < 1.29 is 13.2 Å². The highest BCUT2D eigenvalue weighted by Gasteiger charge is 2.31. The third-order valence-electron chi connectivity index (χ3n) is 5.27. The lowest BCUT2D eigenvalue weighted by atomic mass is 9.99. The molecular formula is C20H30N4O3S. The standard InChI is InChI=1S/C20H30N4O3S/c1-4-11-22(12-5-2)20(25)18-17-10-6-7-14-24(17)19(21-18)16-9-8-13-23(15-16)28(3,26)27/h6-7,10,14,16H,4-5,8-9,11-13,15H2,1-3H3/t16-/m0/s1. The van der Waals surface area contributed by atoms with Gasteiger partial charge >= 0.3 is 0 Å². The molecule has 0 saturated carbocycles. The van der Waals surface area contributed by atoms with Gasteiger partial charge in [-0.05, 0) is 37.8 Å². The molecule has 1 saturated heterocycles. The number of hydrogen-bond acceptors (Lipinski definition) is 4. The molecule has 1 fully saturated rings. The van der Waals surface area contributed by atoms with Gasteiger partial charge in [0.15, 0.2) is 5.69 Å². The summed E-state index contributed by atoms with van der Waals surface area (Å²) in [4.78, 5) is 19.8. The largest absolute Gasteiger partial charge is 0.337 e. The molecule has 7 nitrogen and oxygen atoms in total. The third-order valence-corrected chi connectivity index (χ3v) is 6.54. The lowest BCUT2D eigenvalue weighted by Crippen LogP contribution is -2.38. The number of sulfonamides is 1. The quantitative estimate of drug-likeness (QED) is 0.709. The average Bonchev–Trinajstić information content (AvgIpc) is 3.06. The second-order valence-electron chi connectivity index (χ2n) is 7.53. The Morgan fingerprint density at radius 1 is 1.25 bits per heavy atom. The predicted octanol–water partition coefficient (Wildman–Crippen LogP) is 2.74. The number of aromatic nitrogens is 2. The zero-order chi connectivity index (χ0) is 20.3. The van der Waals surface area contributed by atoms with Crippen molar-refractivity contribution in [1.82, 2.24) is 18.6 Å². The second-order valence-corrected chi connectivity index (χ2v) is 9.51. The molecule has 3 rings (SSSR count). The molecule has 0 unspecified atom stereocenters. The summed E-state index contributed by atoms with van der Waals surface area (Å²) in [5.74, 6) is 0.709. The number of hydrogen-bond donors (Lipinski definition) is 0. The number of fused-ring (bicyclic) bond motifs is 1. The fraction of sp³-hybridized carbons (Fsp3) is 0.600. The first kappa shape index (κ1) is 20.8. The van der Waals surface area contributed by atoms with Gasteiger partial charge < -0.3 is 9.30 Å². The molecule has 0 spiro atoms. The molecular weight excluding hydrogens is 376 g/mol. The van der Waals surface area contributed by atoms with Crippen LogP contribution in [0.15, 0.2) is 24.4 Å². The molecule has 0 aliphatic carbocycles. The molecule has 28 heavy (non-hydrogen) atoms. The summed E-state index contributed by atoms with van der Waals surface area (Å²) in [7, 11) is -3.24. The van der Waals surface area contributed by atoms with Crippen LogP contribution in [0.5, 0.6) is 0 Å². The molecule has 2 aromatic heterocycles. The maximum absolute atomic E-state index is 13.2. The van der Waals surface area contributed by atoms with Gasteiger partial charge in [-0.2, -0.15) is 0 Å². The van der Waals surface area contributed by atoms with Crippen molar-refractivity contribution in [2.45, 2.75) is 45.4 Å². The Bertz CT molecular complexity index is 932. The Kier molecular flexibility index (Phi) is 6.40. The van der Waals surface area contributed by atoms with Crippen LogP contribution in [-0.4, -0.2) is 65.3 Å². The molecule has 2 aromatic rings. The molecule has 1 amide bonds. The molecule has 0 N–H and O–H groups in total. The summed E-state index contributed by atoms with van der Waals surface area (Å²) in [6.45, 7) is 6.50. The van der Waals surface area contributed by atoms with Crippen LogP contribution in [-0.2, 0) is 10.0 Å². The minimum atomic E-state index is -3.24. The van der Waals surface area contributed by atoms with Crippen molar-refractivity contribution in [3.63, 3.8) is 0 Å². The van der Waals surface area contributed by atoms with Crippen LogP contribution in [0.4, 0.5) is 0 Å². The van der Waals surface area contributed by atoms with Gasteiger partial charge in [0.25, 0.3) is 5.91 Å². The van der Waals surface area contributed by atoms with Crippen LogP contribution >= 0.6 is 0 Å². The summed E-state index contributed by atoms with van der Waals surface area (Å²) in [5.41, 5.74) is 1.25. The van der Waals surface area contributed by atoms with Crippen LogP contribution in [0.2, 0.25) is 0 Å². The maximum Gasteiger partial charge on any atom is 0.274 e. The van der Waals surface area contributed by atoms with Crippen LogP contribution in [0.3, 0.4) is 0 Å². The number of pyridine rings is 1. The summed E-state index contributed by atoms with van der Waals surface area (Å²) in [6.07, 6.45) is 6.62. The van der Waals surface area contributed by atoms with Gasteiger partial charge in [0.05, 0.1) is 11.8 Å². The van der Waals surface area contributed by atoms with Crippen molar-refractivity contribution in [2.24, 2.45) is 0 Å². The monoisotopic (exact) mass is 406 g/mol. The molecule has 0 aromatic carbocycles. The van der Waals surface area contributed by atoms with E-state index >= 15 is 0 Å². The van der Waals surface area contributed by atoms with Crippen LogP contribution < -0.4 is 0 Å². The van der Waals surface area contributed by atoms with Gasteiger partial charge in [0, 0.05) is 38.3 Å². The molecule has 3 heterocycles. The Balaban J connectivity index is 2.00. The zero-order valence-corrected chi connectivity index (χ0v) is 17.8. The number of carbonyl (C=O) groups is 1. The number of carbonyl (C=O) groups excluding carboxylic acids is 1. The van der Waals surface area contributed by atoms with Crippen molar-refractivity contribution in [3.8, 4) is 0 Å². The SMILES string of the molecule is CCCN(CCC)C(=O)c1nc([C@H]2CCCN(S(C)(=O)=O)C2)n2ccccc12. The molecule has 0 bridgehead atoms. The normalized spacial score (nSPS) is 18.5. The number of rotatable bonds is 7. The molecule has 1 aliphatic rings. The molecule has 8 heteroatoms. The first-order valence-electron chi connectivity index (χ1n) is 10.1. The minimum absolute atomic E-state index is 0.0225. The van der Waals surface area contributed by atoms with E-state index in [2.05, 4.69) is 13.8 Å². The summed E-state index contributed by atoms with van der Waals surface area (Å²) in [5, 5.41) is 0. The van der Waals surface area contributed by atoms with Gasteiger partial charge in [0.2, 0.25) is 10.0 Å². The number of imidazole rings is 1. The van der Waals surface area contributed by atoms with Crippen molar-refractivity contribution in [3.05, 3.63) is 35.9 Å². The first-order valence-corrected chi connectivity index (χ1v) is 11.9. The first-order chi connectivity index (χ1) is 13.4. The molecule has 154 valence electrons. The second kappa shape index (κ2) is 8.61. The Morgan fingerprint density at radius 3 is 2.61 bits per heavy atom. The van der Waals surface area contributed by atoms with E-state index in [-0.39, 0.29) is 11.8 Å². The van der Waals surface area contributed by atoms with Gasteiger partial charge in [-0.25, -0.2) is 17.7 Å². The Morgan fingerprint density at radius 2 is 1.96 bits per heavy atom. The molecule has 1 aliphatic heterocycles. The van der Waals surface area contributed by atoms with E-state index in [1.54, 1.807) is 0 Å². The highest BCUT2D eigenvalue weighted by molar-refractivity contribution is 7.88. The highest BCUT2D eigenvalue weighted by Crippen LogP contribution is 2.29. The summed E-state index contributed by atoms with van der Waals surface area (Å²) < 4.78 is 27.5. The summed E-state index contributed by atoms with van der Waals surface area (Å²) in [6, 6.07) is 5.74. The van der Waals surface area contributed by atoms with E-state index in [4.69, 9.17) is 4.98 Å². The predicted molar refractivity (Wildman–Crippen MR) is 110 cm³/mol. The smallest absolute Gasteiger partial charge is 0.274 e. The summed E-state index contributed by atoms with van der Waals surface area (Å²) >= 11 is 0.